The molecule has 2 rings (SSSR count). The van der Waals surface area contributed by atoms with Crippen molar-refractivity contribution in [3.05, 3.63) is 70.2 Å². The van der Waals surface area contributed by atoms with Crippen molar-refractivity contribution in [3.63, 3.8) is 0 Å². The monoisotopic (exact) mass is 437 g/mol. The smallest absolute Gasteiger partial charge is 0.383 e. The molecule has 0 bridgehead atoms. The molecular formula is C18H14ClF6N3O. The van der Waals surface area contributed by atoms with Crippen LogP contribution in [-0.2, 0) is 0 Å². The van der Waals surface area contributed by atoms with Crippen LogP contribution in [0, 0.1) is 6.92 Å². The first-order valence-corrected chi connectivity index (χ1v) is 8.28. The molecule has 0 aliphatic heterocycles. The van der Waals surface area contributed by atoms with E-state index in [0.717, 1.165) is 29.6 Å². The molecule has 0 aliphatic rings. The Balaban J connectivity index is 2.59. The molecule has 2 aromatic rings. The van der Waals surface area contributed by atoms with E-state index in [1.54, 1.807) is 6.92 Å². The summed E-state index contributed by atoms with van der Waals surface area (Å²) in [7, 11) is 0. The van der Waals surface area contributed by atoms with Gasteiger partial charge >= 0.3 is 18.0 Å². The number of hydrogen-bond donors (Lipinski definition) is 2. The number of carbonyl (C=O) groups is 1. The van der Waals surface area contributed by atoms with E-state index in [0.29, 0.717) is 5.56 Å². The zero-order chi connectivity index (χ0) is 22.0. The summed E-state index contributed by atoms with van der Waals surface area (Å²) in [5.41, 5.74) is 0.544. The minimum absolute atomic E-state index is 0.140. The van der Waals surface area contributed by atoms with Crippen LogP contribution in [0.1, 0.15) is 21.5 Å². The van der Waals surface area contributed by atoms with Gasteiger partial charge in [-0.05, 0) is 31.2 Å². The molecule has 4 nitrogen and oxygen atoms in total. The largest absolute Gasteiger partial charge is 0.441 e. The van der Waals surface area contributed by atoms with Crippen molar-refractivity contribution in [2.24, 2.45) is 10.7 Å². The molecule has 0 heterocycles. The van der Waals surface area contributed by atoms with Crippen molar-refractivity contribution in [1.29, 1.82) is 0 Å². The number of rotatable bonds is 4. The van der Waals surface area contributed by atoms with Gasteiger partial charge in [-0.15, -0.1) is 0 Å². The number of aryl methyl sites for hydroxylation is 1. The standard InChI is InChI=1S/C18H14ClF6N3O/c1-10-2-4-11(5-3-10)14(26)27-16(17(20,21)22,18(23,24)25)28-15(29)12-6-8-13(19)9-7-12/h2-9H,1H3,(H2,26,27)(H,28,29). The number of nitrogens with two attached hydrogens (primary N) is 1. The number of hydrogen-bond acceptors (Lipinski definition) is 2. The summed E-state index contributed by atoms with van der Waals surface area (Å²) >= 11 is 5.61. The van der Waals surface area contributed by atoms with Gasteiger partial charge in [0.25, 0.3) is 5.91 Å². The van der Waals surface area contributed by atoms with Gasteiger partial charge in [0.15, 0.2) is 0 Å². The molecule has 2 aromatic carbocycles. The summed E-state index contributed by atoms with van der Waals surface area (Å²) in [6.07, 6.45) is -12.1. The number of benzene rings is 2. The minimum atomic E-state index is -6.04. The highest BCUT2D eigenvalue weighted by Crippen LogP contribution is 2.44. The molecule has 0 spiro atoms. The number of halogens is 7. The van der Waals surface area contributed by atoms with E-state index >= 15 is 0 Å². The van der Waals surface area contributed by atoms with Gasteiger partial charge in [-0.1, -0.05) is 41.4 Å². The van der Waals surface area contributed by atoms with E-state index in [2.05, 4.69) is 4.99 Å². The first-order chi connectivity index (χ1) is 13.3. The van der Waals surface area contributed by atoms with Crippen molar-refractivity contribution < 1.29 is 31.1 Å². The number of carbonyl (C=O) groups excluding carboxylic acids is 1. The molecule has 1 amide bonds. The molecular weight excluding hydrogens is 424 g/mol. The fourth-order valence-electron chi connectivity index (χ4n) is 2.26. The molecule has 0 radical (unpaired) electrons. The van der Waals surface area contributed by atoms with Gasteiger partial charge in [0.1, 0.15) is 5.84 Å². The summed E-state index contributed by atoms with van der Waals surface area (Å²) in [6, 6.07) is 9.54. The van der Waals surface area contributed by atoms with Crippen molar-refractivity contribution in [2.75, 3.05) is 0 Å². The topological polar surface area (TPSA) is 67.5 Å². The van der Waals surface area contributed by atoms with Gasteiger partial charge in [0.2, 0.25) is 0 Å². The first-order valence-electron chi connectivity index (χ1n) is 7.91. The average molecular weight is 438 g/mol. The van der Waals surface area contributed by atoms with Crippen LogP contribution in [0.4, 0.5) is 26.3 Å². The second-order valence-corrected chi connectivity index (χ2v) is 6.47. The van der Waals surface area contributed by atoms with Gasteiger partial charge < -0.3 is 11.1 Å². The van der Waals surface area contributed by atoms with Gasteiger partial charge in [0.05, 0.1) is 0 Å². The molecule has 3 N–H and O–H groups in total. The lowest BCUT2D eigenvalue weighted by molar-refractivity contribution is -0.301. The highest BCUT2D eigenvalue weighted by atomic mass is 35.5. The van der Waals surface area contributed by atoms with E-state index in [9.17, 15) is 31.1 Å². The maximum Gasteiger partial charge on any atom is 0.441 e. The molecule has 0 saturated heterocycles. The van der Waals surface area contributed by atoms with Crippen molar-refractivity contribution in [1.82, 2.24) is 5.32 Å². The number of aliphatic imine (C=N–C) groups is 1. The third-order valence-corrected chi connectivity index (χ3v) is 4.11. The highest BCUT2D eigenvalue weighted by molar-refractivity contribution is 6.30. The van der Waals surface area contributed by atoms with Crippen LogP contribution in [0.3, 0.4) is 0 Å². The summed E-state index contributed by atoms with van der Waals surface area (Å²) in [5, 5.41) is 1.10. The van der Waals surface area contributed by atoms with Crippen LogP contribution >= 0.6 is 11.6 Å². The Kier molecular flexibility index (Phi) is 6.17. The molecule has 0 aromatic heterocycles. The lowest BCUT2D eigenvalue weighted by atomic mass is 10.1. The average Bonchev–Trinajstić information content (AvgIpc) is 2.60. The summed E-state index contributed by atoms with van der Waals surface area (Å²) in [6.45, 7) is 1.67. The second kappa shape index (κ2) is 7.94. The number of nitrogens with one attached hydrogen (secondary N) is 1. The zero-order valence-electron chi connectivity index (χ0n) is 14.7. The van der Waals surface area contributed by atoms with Gasteiger partial charge in [0, 0.05) is 16.1 Å². The van der Waals surface area contributed by atoms with Gasteiger partial charge in [-0.3, -0.25) is 4.79 Å². The molecule has 156 valence electrons. The van der Waals surface area contributed by atoms with E-state index in [1.165, 1.54) is 24.3 Å². The van der Waals surface area contributed by atoms with Crippen LogP contribution in [0.2, 0.25) is 5.02 Å². The normalized spacial score (nSPS) is 13.3. The molecule has 0 aliphatic carbocycles. The quantitative estimate of drug-likeness (QED) is 0.417. The fourth-order valence-corrected chi connectivity index (χ4v) is 2.39. The SMILES string of the molecule is Cc1ccc(C(N)=NC(NC(=O)c2ccc(Cl)cc2)(C(F)(F)F)C(F)(F)F)cc1. The van der Waals surface area contributed by atoms with Crippen LogP contribution in [0.15, 0.2) is 53.5 Å². The van der Waals surface area contributed by atoms with Crippen LogP contribution in [0.25, 0.3) is 0 Å². The lowest BCUT2D eigenvalue weighted by Crippen LogP contribution is -2.67. The maximum absolute atomic E-state index is 13.6. The lowest BCUT2D eigenvalue weighted by Gasteiger charge is -2.34. The summed E-state index contributed by atoms with van der Waals surface area (Å²) < 4.78 is 81.8. The van der Waals surface area contributed by atoms with Crippen molar-refractivity contribution >= 4 is 23.3 Å². The number of alkyl halides is 6. The summed E-state index contributed by atoms with van der Waals surface area (Å²) in [4.78, 5) is 14.9. The molecule has 0 atom stereocenters. The predicted octanol–water partition coefficient (Wildman–Crippen LogP) is 4.60. The Bertz CT molecular complexity index is 891. The molecule has 0 fully saturated rings. The van der Waals surface area contributed by atoms with E-state index in [-0.39, 0.29) is 10.6 Å². The fraction of sp³-hybridized carbons (Fsp3) is 0.222. The second-order valence-electron chi connectivity index (χ2n) is 6.03. The van der Waals surface area contributed by atoms with Crippen LogP contribution < -0.4 is 11.1 Å². The zero-order valence-corrected chi connectivity index (χ0v) is 15.5. The molecule has 0 unspecified atom stereocenters. The molecule has 11 heteroatoms. The third-order valence-electron chi connectivity index (χ3n) is 3.86. The van der Waals surface area contributed by atoms with Crippen molar-refractivity contribution in [3.8, 4) is 0 Å². The van der Waals surface area contributed by atoms with E-state index < -0.39 is 35.3 Å². The number of nitrogens with zero attached hydrogens (tertiary/aromatic N) is 1. The van der Waals surface area contributed by atoms with Gasteiger partial charge in [-0.25, -0.2) is 4.99 Å². The van der Waals surface area contributed by atoms with Crippen LogP contribution in [0.5, 0.6) is 0 Å². The van der Waals surface area contributed by atoms with E-state index in [1.807, 2.05) is 0 Å². The minimum Gasteiger partial charge on any atom is -0.383 e. The Morgan fingerprint density at radius 3 is 1.79 bits per heavy atom. The Hall–Kier alpha value is -2.75. The summed E-state index contributed by atoms with van der Waals surface area (Å²) in [5.74, 6) is -2.70. The van der Waals surface area contributed by atoms with Gasteiger partial charge in [-0.2, -0.15) is 26.3 Å². The Morgan fingerprint density at radius 1 is 0.897 bits per heavy atom. The maximum atomic E-state index is 13.6. The number of amidine groups is 1. The highest BCUT2D eigenvalue weighted by Gasteiger charge is 2.73. The van der Waals surface area contributed by atoms with Crippen molar-refractivity contribution in [2.45, 2.75) is 24.9 Å². The Labute approximate surface area is 166 Å². The van der Waals surface area contributed by atoms with Crippen LogP contribution in [-0.4, -0.2) is 29.8 Å². The third kappa shape index (κ3) is 4.81. The number of amides is 1. The molecule has 29 heavy (non-hydrogen) atoms. The Morgan fingerprint density at radius 2 is 1.34 bits per heavy atom. The molecule has 0 saturated carbocycles. The first kappa shape index (κ1) is 22.5. The predicted molar refractivity (Wildman–Crippen MR) is 95.7 cm³/mol. The van der Waals surface area contributed by atoms with E-state index in [4.69, 9.17) is 17.3 Å².